The van der Waals surface area contributed by atoms with Crippen LogP contribution in [0.1, 0.15) is 0 Å². The summed E-state index contributed by atoms with van der Waals surface area (Å²) >= 11 is 0. The molecule has 0 N–H and O–H groups in total. The predicted molar refractivity (Wildman–Crippen MR) is 54.3 cm³/mol. The van der Waals surface area contributed by atoms with Gasteiger partial charge in [0.05, 0.1) is 0 Å². The second kappa shape index (κ2) is 5.41. The predicted octanol–water partition coefficient (Wildman–Crippen LogP) is 1.42. The summed E-state index contributed by atoms with van der Waals surface area (Å²) in [7, 11) is 5.43. The van der Waals surface area contributed by atoms with Crippen molar-refractivity contribution in [2.75, 3.05) is 40.8 Å². The molecule has 2 nitrogen and oxygen atoms in total. The highest BCUT2D eigenvalue weighted by molar-refractivity contribution is 6.66. The molecule has 0 aliphatic carbocycles. The van der Waals surface area contributed by atoms with E-state index in [4.69, 9.17) is 0 Å². The zero-order chi connectivity index (χ0) is 11.4. The summed E-state index contributed by atoms with van der Waals surface area (Å²) < 4.78 is 36.4. The third-order valence-corrected chi connectivity index (χ3v) is 1.86. The van der Waals surface area contributed by atoms with E-state index in [2.05, 4.69) is 6.58 Å². The van der Waals surface area contributed by atoms with E-state index in [1.54, 1.807) is 11.9 Å². The lowest BCUT2D eigenvalue weighted by Crippen LogP contribution is -2.34. The highest BCUT2D eigenvalue weighted by atomic mass is 19.4. The number of hydrogen-bond acceptors (Lipinski definition) is 2. The molecule has 0 unspecified atom stereocenters. The van der Waals surface area contributed by atoms with Gasteiger partial charge in [-0.1, -0.05) is 0 Å². The standard InChI is InChI=1S/C8H17BF3N2/c1-8(9(10,11)12)7-14(4)6-5-13(2)3/h1,5-7H2,2-4H3/q-1. The lowest BCUT2D eigenvalue weighted by molar-refractivity contribution is 0.297. The summed E-state index contributed by atoms with van der Waals surface area (Å²) in [5.41, 5.74) is -0.633. The Balaban J connectivity index is 3.83. The summed E-state index contributed by atoms with van der Waals surface area (Å²) in [6, 6.07) is 0. The topological polar surface area (TPSA) is 6.48 Å². The molecule has 84 valence electrons. The molecular weight excluding hydrogens is 192 g/mol. The summed E-state index contributed by atoms with van der Waals surface area (Å²) in [6.07, 6.45) is 0. The van der Waals surface area contributed by atoms with Gasteiger partial charge in [0.25, 0.3) is 0 Å². The van der Waals surface area contributed by atoms with E-state index >= 15 is 0 Å². The minimum Gasteiger partial charge on any atom is -0.445 e. The Kier molecular flexibility index (Phi) is 5.22. The highest BCUT2D eigenvalue weighted by Crippen LogP contribution is 2.18. The molecule has 14 heavy (non-hydrogen) atoms. The maximum absolute atomic E-state index is 12.1. The van der Waals surface area contributed by atoms with E-state index in [-0.39, 0.29) is 6.54 Å². The van der Waals surface area contributed by atoms with Crippen LogP contribution in [0.5, 0.6) is 0 Å². The van der Waals surface area contributed by atoms with E-state index < -0.39 is 12.4 Å². The Morgan fingerprint density at radius 2 is 1.64 bits per heavy atom. The Labute approximate surface area is 83.4 Å². The SMILES string of the molecule is C=C(CN(C)CCN(C)C)[B-](F)(F)F. The first-order valence-corrected chi connectivity index (χ1v) is 4.44. The lowest BCUT2D eigenvalue weighted by atomic mass is 9.80. The van der Waals surface area contributed by atoms with Crippen molar-refractivity contribution in [1.29, 1.82) is 0 Å². The number of hydrogen-bond donors (Lipinski definition) is 0. The van der Waals surface area contributed by atoms with Crippen molar-refractivity contribution in [3.8, 4) is 0 Å². The second-order valence-electron chi connectivity index (χ2n) is 3.77. The van der Waals surface area contributed by atoms with E-state index in [1.807, 2.05) is 19.0 Å². The minimum absolute atomic E-state index is 0.0999. The van der Waals surface area contributed by atoms with Gasteiger partial charge in [-0.3, -0.25) is 0 Å². The van der Waals surface area contributed by atoms with Gasteiger partial charge in [0.2, 0.25) is 0 Å². The molecule has 0 atom stereocenters. The maximum Gasteiger partial charge on any atom is 0.506 e. The van der Waals surface area contributed by atoms with Crippen molar-refractivity contribution in [2.45, 2.75) is 0 Å². The molecule has 0 radical (unpaired) electrons. The van der Waals surface area contributed by atoms with Crippen LogP contribution in [-0.2, 0) is 0 Å². The molecule has 0 aromatic carbocycles. The van der Waals surface area contributed by atoms with Crippen LogP contribution in [0.25, 0.3) is 0 Å². The summed E-state index contributed by atoms with van der Waals surface area (Å²) in [6.45, 7) is -0.588. The smallest absolute Gasteiger partial charge is 0.445 e. The van der Waals surface area contributed by atoms with Crippen molar-refractivity contribution in [3.05, 3.63) is 12.1 Å². The van der Waals surface area contributed by atoms with Gasteiger partial charge in [-0.05, 0) is 27.7 Å². The van der Waals surface area contributed by atoms with Crippen LogP contribution < -0.4 is 0 Å². The first-order chi connectivity index (χ1) is 6.23. The van der Waals surface area contributed by atoms with Crippen LogP contribution in [0, 0.1) is 0 Å². The lowest BCUT2D eigenvalue weighted by Gasteiger charge is -2.25. The maximum atomic E-state index is 12.1. The molecule has 6 heteroatoms. The zero-order valence-electron chi connectivity index (χ0n) is 8.93. The van der Waals surface area contributed by atoms with Crippen molar-refractivity contribution in [2.24, 2.45) is 0 Å². The van der Waals surface area contributed by atoms with Crippen molar-refractivity contribution >= 4 is 6.98 Å². The summed E-state index contributed by atoms with van der Waals surface area (Å²) in [5.74, 6) is 0. The van der Waals surface area contributed by atoms with Gasteiger partial charge in [0.15, 0.2) is 0 Å². The molecule has 0 aliphatic heterocycles. The van der Waals surface area contributed by atoms with Crippen LogP contribution >= 0.6 is 0 Å². The normalized spacial score (nSPS) is 12.6. The average molecular weight is 209 g/mol. The van der Waals surface area contributed by atoms with Gasteiger partial charge in [-0.15, -0.1) is 12.1 Å². The fourth-order valence-electron chi connectivity index (χ4n) is 0.900. The molecular formula is C8H17BF3N2-. The Morgan fingerprint density at radius 3 is 2.00 bits per heavy atom. The van der Waals surface area contributed by atoms with Crippen LogP contribution in [0.4, 0.5) is 12.9 Å². The Bertz CT molecular complexity index is 192. The summed E-state index contributed by atoms with van der Waals surface area (Å²) in [5, 5.41) is 0. The molecule has 0 aromatic rings. The minimum atomic E-state index is -4.88. The highest BCUT2D eigenvalue weighted by Gasteiger charge is 2.26. The second-order valence-corrected chi connectivity index (χ2v) is 3.77. The van der Waals surface area contributed by atoms with Gasteiger partial charge in [0.1, 0.15) is 0 Å². The van der Waals surface area contributed by atoms with E-state index in [0.717, 1.165) is 6.54 Å². The third-order valence-electron chi connectivity index (χ3n) is 1.86. The average Bonchev–Trinajstić information content (AvgIpc) is 1.99. The molecule has 0 rings (SSSR count). The monoisotopic (exact) mass is 209 g/mol. The van der Waals surface area contributed by atoms with Crippen LogP contribution in [0.15, 0.2) is 12.1 Å². The van der Waals surface area contributed by atoms with Gasteiger partial charge in [-0.2, -0.15) is 0 Å². The largest absolute Gasteiger partial charge is 0.506 e. The van der Waals surface area contributed by atoms with Gasteiger partial charge in [-0.25, -0.2) is 0 Å². The summed E-state index contributed by atoms with van der Waals surface area (Å²) in [4.78, 5) is 3.55. The van der Waals surface area contributed by atoms with E-state index in [0.29, 0.717) is 6.54 Å². The third kappa shape index (κ3) is 6.04. The molecule has 0 spiro atoms. The number of nitrogens with zero attached hydrogens (tertiary/aromatic N) is 2. The molecule has 0 fully saturated rings. The first-order valence-electron chi connectivity index (χ1n) is 4.44. The van der Waals surface area contributed by atoms with Crippen molar-refractivity contribution in [3.63, 3.8) is 0 Å². The Hall–Kier alpha value is -0.485. The molecule has 0 saturated heterocycles. The molecule has 0 bridgehead atoms. The van der Waals surface area contributed by atoms with Crippen molar-refractivity contribution < 1.29 is 12.9 Å². The van der Waals surface area contributed by atoms with Gasteiger partial charge >= 0.3 is 6.98 Å². The van der Waals surface area contributed by atoms with Crippen LogP contribution in [0.2, 0.25) is 0 Å². The van der Waals surface area contributed by atoms with Crippen LogP contribution in [-0.4, -0.2) is 57.6 Å². The number of halogens is 3. The Morgan fingerprint density at radius 1 is 1.14 bits per heavy atom. The number of likely N-dealkylation sites (N-methyl/N-ethyl adjacent to an activating group) is 2. The molecule has 0 saturated carbocycles. The van der Waals surface area contributed by atoms with Gasteiger partial charge in [0, 0.05) is 13.1 Å². The van der Waals surface area contributed by atoms with Crippen LogP contribution in [0.3, 0.4) is 0 Å². The quantitative estimate of drug-likeness (QED) is 0.610. The molecule has 0 amide bonds. The van der Waals surface area contributed by atoms with Gasteiger partial charge < -0.3 is 22.7 Å². The van der Waals surface area contributed by atoms with E-state index in [9.17, 15) is 12.9 Å². The molecule has 0 aliphatic rings. The molecule has 0 aromatic heterocycles. The molecule has 0 heterocycles. The first kappa shape index (κ1) is 13.5. The number of rotatable bonds is 6. The zero-order valence-corrected chi connectivity index (χ0v) is 8.93. The fourth-order valence-corrected chi connectivity index (χ4v) is 0.900. The van der Waals surface area contributed by atoms with E-state index in [1.165, 1.54) is 0 Å². The van der Waals surface area contributed by atoms with Crippen molar-refractivity contribution in [1.82, 2.24) is 9.80 Å². The fraction of sp³-hybridized carbons (Fsp3) is 0.750.